The van der Waals surface area contributed by atoms with Crippen LogP contribution in [-0.2, 0) is 4.79 Å². The van der Waals surface area contributed by atoms with Crippen LogP contribution in [0, 0.1) is 0 Å². The first-order chi connectivity index (χ1) is 4.34. The molecule has 1 rings (SSSR count). The van der Waals surface area contributed by atoms with Gasteiger partial charge >= 0.3 is 0 Å². The van der Waals surface area contributed by atoms with E-state index < -0.39 is 0 Å². The van der Waals surface area contributed by atoms with Crippen molar-refractivity contribution in [1.29, 1.82) is 0 Å². The molecule has 1 unspecified atom stereocenters. The van der Waals surface area contributed by atoms with Crippen LogP contribution < -0.4 is 5.32 Å². The van der Waals surface area contributed by atoms with Crippen LogP contribution in [0.5, 0.6) is 0 Å². The number of aliphatic imine (C=N–C) groups is 1. The average Bonchev–Trinajstić information content (AvgIpc) is 1.86. The van der Waals surface area contributed by atoms with Crippen LogP contribution in [0.1, 0.15) is 0 Å². The molecular weight excluding hydrogens is 116 g/mol. The summed E-state index contributed by atoms with van der Waals surface area (Å²) in [6.07, 6.45) is 3.11. The summed E-state index contributed by atoms with van der Waals surface area (Å²) in [4.78, 5) is 14.4. The lowest BCUT2D eigenvalue weighted by Crippen LogP contribution is -2.52. The van der Waals surface area contributed by atoms with E-state index in [0.29, 0.717) is 6.54 Å². The van der Waals surface area contributed by atoms with Crippen LogP contribution in [0.2, 0.25) is 0 Å². The van der Waals surface area contributed by atoms with Crippen molar-refractivity contribution in [3.8, 4) is 0 Å². The van der Waals surface area contributed by atoms with Gasteiger partial charge in [0, 0.05) is 12.8 Å². The number of hydrogen-bond acceptors (Lipinski definition) is 2. The van der Waals surface area contributed by atoms with Crippen molar-refractivity contribution in [2.75, 3.05) is 6.54 Å². The molecule has 0 bridgehead atoms. The zero-order valence-electron chi connectivity index (χ0n) is 5.00. The molecule has 1 amide bonds. The van der Waals surface area contributed by atoms with Gasteiger partial charge in [-0.15, -0.1) is 0 Å². The predicted molar refractivity (Wildman–Crippen MR) is 35.5 cm³/mol. The second-order valence-corrected chi connectivity index (χ2v) is 1.79. The highest BCUT2D eigenvalue weighted by Crippen LogP contribution is 1.97. The van der Waals surface area contributed by atoms with Crippen molar-refractivity contribution in [3.63, 3.8) is 0 Å². The normalized spacial score (nSPS) is 25.3. The molecule has 0 spiro atoms. The number of nitrogens with one attached hydrogen (secondary N) is 1. The number of β-lactam (4-membered cyclic amide) rings is 1. The van der Waals surface area contributed by atoms with E-state index >= 15 is 0 Å². The van der Waals surface area contributed by atoms with Gasteiger partial charge in [-0.05, 0) is 0 Å². The number of amides is 1. The van der Waals surface area contributed by atoms with Gasteiger partial charge in [0.15, 0.2) is 0 Å². The summed E-state index contributed by atoms with van der Waals surface area (Å²) in [7, 11) is 0. The summed E-state index contributed by atoms with van der Waals surface area (Å²) in [5.74, 6) is 0.00750. The molecule has 1 aliphatic rings. The molecule has 1 atom stereocenters. The van der Waals surface area contributed by atoms with Gasteiger partial charge in [-0.2, -0.15) is 0 Å². The van der Waals surface area contributed by atoms with Gasteiger partial charge in [0.05, 0.1) is 0 Å². The van der Waals surface area contributed by atoms with Crippen molar-refractivity contribution in [2.45, 2.75) is 6.04 Å². The molecular formula is C6H8N2O. The first-order valence-corrected chi connectivity index (χ1v) is 2.76. The molecule has 1 N–H and O–H groups in total. The van der Waals surface area contributed by atoms with E-state index in [1.165, 1.54) is 0 Å². The molecule has 9 heavy (non-hydrogen) atoms. The maximum absolute atomic E-state index is 10.5. The molecule has 48 valence electrons. The summed E-state index contributed by atoms with van der Waals surface area (Å²) in [5.41, 5.74) is 0. The van der Waals surface area contributed by atoms with Gasteiger partial charge in [0.1, 0.15) is 6.04 Å². The smallest absolute Gasteiger partial charge is 0.246 e. The number of carbonyl (C=O) groups excluding carboxylic acids is 1. The minimum absolute atomic E-state index is 0.00750. The van der Waals surface area contributed by atoms with Gasteiger partial charge in [0.25, 0.3) is 0 Å². The molecule has 3 heteroatoms. The van der Waals surface area contributed by atoms with Crippen LogP contribution in [0.15, 0.2) is 17.6 Å². The fourth-order valence-corrected chi connectivity index (χ4v) is 0.562. The highest BCUT2D eigenvalue weighted by Gasteiger charge is 2.25. The number of rotatable bonds is 2. The maximum Gasteiger partial charge on any atom is 0.246 e. The summed E-state index contributed by atoms with van der Waals surface area (Å²) < 4.78 is 0. The Kier molecular flexibility index (Phi) is 1.63. The topological polar surface area (TPSA) is 41.5 Å². The van der Waals surface area contributed by atoms with Gasteiger partial charge < -0.3 is 5.32 Å². The lowest BCUT2D eigenvalue weighted by Gasteiger charge is -2.21. The van der Waals surface area contributed by atoms with E-state index in [1.54, 1.807) is 12.3 Å². The highest BCUT2D eigenvalue weighted by molar-refractivity contribution is 5.89. The molecule has 0 aromatic heterocycles. The quantitative estimate of drug-likeness (QED) is 0.400. The minimum atomic E-state index is -0.150. The molecule has 3 nitrogen and oxygen atoms in total. The molecule has 0 saturated carbocycles. The Bertz CT molecular complexity index is 162. The van der Waals surface area contributed by atoms with Crippen LogP contribution >= 0.6 is 0 Å². The minimum Gasteiger partial charge on any atom is -0.351 e. The third-order valence-corrected chi connectivity index (χ3v) is 1.14. The van der Waals surface area contributed by atoms with Crippen molar-refractivity contribution < 1.29 is 4.79 Å². The summed E-state index contributed by atoms with van der Waals surface area (Å²) in [6.45, 7) is 4.10. The third-order valence-electron chi connectivity index (χ3n) is 1.14. The second kappa shape index (κ2) is 2.44. The number of carbonyl (C=O) groups is 1. The zero-order chi connectivity index (χ0) is 6.69. The zero-order valence-corrected chi connectivity index (χ0v) is 5.00. The first kappa shape index (κ1) is 6.01. The molecule has 1 fully saturated rings. The van der Waals surface area contributed by atoms with Crippen LogP contribution in [0.4, 0.5) is 0 Å². The van der Waals surface area contributed by atoms with E-state index in [2.05, 4.69) is 16.9 Å². The monoisotopic (exact) mass is 124 g/mol. The van der Waals surface area contributed by atoms with Gasteiger partial charge in [0.2, 0.25) is 5.91 Å². The largest absolute Gasteiger partial charge is 0.351 e. The van der Waals surface area contributed by atoms with Gasteiger partial charge in [-0.1, -0.05) is 12.7 Å². The molecule has 0 radical (unpaired) electrons. The Hall–Kier alpha value is -1.12. The van der Waals surface area contributed by atoms with Crippen LogP contribution in [-0.4, -0.2) is 24.7 Å². The molecule has 1 heterocycles. The molecule has 0 aromatic carbocycles. The summed E-state index contributed by atoms with van der Waals surface area (Å²) in [5, 5.41) is 2.58. The van der Waals surface area contributed by atoms with E-state index in [1.807, 2.05) is 0 Å². The van der Waals surface area contributed by atoms with E-state index in [-0.39, 0.29) is 11.9 Å². The summed E-state index contributed by atoms with van der Waals surface area (Å²) >= 11 is 0. The second-order valence-electron chi connectivity index (χ2n) is 1.79. The van der Waals surface area contributed by atoms with Crippen molar-refractivity contribution in [1.82, 2.24) is 5.32 Å². The highest BCUT2D eigenvalue weighted by atomic mass is 16.2. The van der Waals surface area contributed by atoms with E-state index in [4.69, 9.17) is 0 Å². The van der Waals surface area contributed by atoms with Crippen LogP contribution in [0.25, 0.3) is 0 Å². The Morgan fingerprint density at radius 3 is 3.00 bits per heavy atom. The van der Waals surface area contributed by atoms with Crippen LogP contribution in [0.3, 0.4) is 0 Å². The fourth-order valence-electron chi connectivity index (χ4n) is 0.562. The number of allylic oxidation sites excluding steroid dienone is 1. The third kappa shape index (κ3) is 1.16. The van der Waals surface area contributed by atoms with E-state index in [0.717, 1.165) is 0 Å². The fraction of sp³-hybridized carbons (Fsp3) is 0.333. The van der Waals surface area contributed by atoms with Gasteiger partial charge in [-0.25, -0.2) is 0 Å². The Morgan fingerprint density at radius 2 is 2.67 bits per heavy atom. The lowest BCUT2D eigenvalue weighted by atomic mass is 10.2. The van der Waals surface area contributed by atoms with Gasteiger partial charge in [-0.3, -0.25) is 9.79 Å². The van der Waals surface area contributed by atoms with Crippen molar-refractivity contribution in [2.24, 2.45) is 4.99 Å². The molecule has 0 aromatic rings. The molecule has 0 aliphatic carbocycles. The van der Waals surface area contributed by atoms with Crippen molar-refractivity contribution in [3.05, 3.63) is 12.7 Å². The lowest BCUT2D eigenvalue weighted by molar-refractivity contribution is -0.127. The Balaban J connectivity index is 2.36. The average molecular weight is 124 g/mol. The molecule has 1 saturated heterocycles. The SMILES string of the molecule is C=CC=NC1CNC1=O. The standard InChI is InChI=1S/C6H8N2O/c1-2-3-7-5-4-8-6(5)9/h2-3,5H,1,4H2,(H,8,9). The first-order valence-electron chi connectivity index (χ1n) is 2.76. The number of hydrogen-bond donors (Lipinski definition) is 1. The Labute approximate surface area is 53.5 Å². The predicted octanol–water partition coefficient (Wildman–Crippen LogP) is -0.258. The summed E-state index contributed by atoms with van der Waals surface area (Å²) in [6, 6.07) is -0.150. The maximum atomic E-state index is 10.5. The Morgan fingerprint density at radius 1 is 1.89 bits per heavy atom. The number of nitrogens with zero attached hydrogens (tertiary/aromatic N) is 1. The van der Waals surface area contributed by atoms with E-state index in [9.17, 15) is 4.79 Å². The van der Waals surface area contributed by atoms with Crippen molar-refractivity contribution >= 4 is 12.1 Å². The molecule has 1 aliphatic heterocycles.